The molecule has 2 heterocycles. The van der Waals surface area contributed by atoms with Crippen LogP contribution >= 0.6 is 0 Å². The molecule has 0 aromatic heterocycles. The van der Waals surface area contributed by atoms with E-state index in [0.29, 0.717) is 18.5 Å². The maximum absolute atomic E-state index is 12.9. The lowest BCUT2D eigenvalue weighted by Gasteiger charge is -2.33. The molecule has 0 bridgehead atoms. The van der Waals surface area contributed by atoms with Crippen LogP contribution < -0.4 is 10.6 Å². The molecule has 0 radical (unpaired) electrons. The van der Waals surface area contributed by atoms with E-state index in [1.165, 1.54) is 0 Å². The van der Waals surface area contributed by atoms with Crippen molar-refractivity contribution in [1.29, 1.82) is 0 Å². The van der Waals surface area contributed by atoms with Gasteiger partial charge in [-0.15, -0.1) is 0 Å². The van der Waals surface area contributed by atoms with Crippen LogP contribution in [0.15, 0.2) is 18.2 Å². The molecule has 2 N–H and O–H groups in total. The highest BCUT2D eigenvalue weighted by atomic mass is 16.2. The smallest absolute Gasteiger partial charge is 0.264 e. The Morgan fingerprint density at radius 3 is 2.58 bits per heavy atom. The van der Waals surface area contributed by atoms with Crippen LogP contribution in [-0.2, 0) is 14.4 Å². The van der Waals surface area contributed by atoms with E-state index in [1.54, 1.807) is 18.2 Å². The Balaban J connectivity index is 1.60. The summed E-state index contributed by atoms with van der Waals surface area (Å²) in [6.07, 6.45) is 2.51. The predicted molar refractivity (Wildman–Crippen MR) is 89.3 cm³/mol. The van der Waals surface area contributed by atoms with Crippen LogP contribution in [0, 0.1) is 5.92 Å². The summed E-state index contributed by atoms with van der Waals surface area (Å²) >= 11 is 0. The highest BCUT2D eigenvalue weighted by Crippen LogP contribution is 2.35. The quantitative estimate of drug-likeness (QED) is 0.600. The molecule has 0 spiro atoms. The van der Waals surface area contributed by atoms with Crippen molar-refractivity contribution in [3.63, 3.8) is 0 Å². The number of piperidine rings is 1. The second-order valence-corrected chi connectivity index (χ2v) is 6.88. The molecular weight excluding hydrogens is 338 g/mol. The van der Waals surface area contributed by atoms with E-state index in [-0.39, 0.29) is 35.9 Å². The Labute approximate surface area is 148 Å². The molecule has 4 rings (SSSR count). The van der Waals surface area contributed by atoms with Crippen molar-refractivity contribution >= 4 is 35.6 Å². The van der Waals surface area contributed by atoms with Crippen molar-refractivity contribution in [3.05, 3.63) is 29.3 Å². The Morgan fingerprint density at radius 1 is 1.12 bits per heavy atom. The summed E-state index contributed by atoms with van der Waals surface area (Å²) in [6, 6.07) is 4.05. The number of hydrogen-bond acceptors (Lipinski definition) is 6. The third-order valence-corrected chi connectivity index (χ3v) is 5.19. The lowest BCUT2D eigenvalue weighted by atomic mass is 9.81. The van der Waals surface area contributed by atoms with Crippen LogP contribution in [0.3, 0.4) is 0 Å². The number of nitrogens with one attached hydrogen (secondary N) is 2. The molecule has 1 atom stereocenters. The lowest BCUT2D eigenvalue weighted by molar-refractivity contribution is -0.136. The van der Waals surface area contributed by atoms with E-state index in [2.05, 4.69) is 10.6 Å². The molecule has 1 aromatic rings. The Bertz CT molecular complexity index is 843. The van der Waals surface area contributed by atoms with Gasteiger partial charge in [0.25, 0.3) is 11.8 Å². The van der Waals surface area contributed by atoms with Gasteiger partial charge in [0, 0.05) is 24.1 Å². The van der Waals surface area contributed by atoms with Crippen molar-refractivity contribution in [2.24, 2.45) is 5.92 Å². The molecule has 1 saturated carbocycles. The van der Waals surface area contributed by atoms with Gasteiger partial charge in [-0.05, 0) is 31.4 Å². The summed E-state index contributed by atoms with van der Waals surface area (Å²) < 4.78 is 0. The van der Waals surface area contributed by atoms with Gasteiger partial charge in [0.15, 0.2) is 0 Å². The number of imide groups is 2. The SMILES string of the molecule is O=CC1CC(Nc2cccc3c2C(=O)N(C2CCC(=O)NC2=O)C3=O)C1. The number of hydrogen-bond donors (Lipinski definition) is 2. The monoisotopic (exact) mass is 355 g/mol. The molecular formula is C18H17N3O5. The molecule has 1 aliphatic carbocycles. The fraction of sp³-hybridized carbons (Fsp3) is 0.389. The number of carbonyl (C=O) groups is 5. The van der Waals surface area contributed by atoms with Crippen molar-refractivity contribution in [1.82, 2.24) is 10.2 Å². The van der Waals surface area contributed by atoms with Crippen LogP contribution in [0.5, 0.6) is 0 Å². The summed E-state index contributed by atoms with van der Waals surface area (Å²) in [7, 11) is 0. The number of aldehydes is 1. The first kappa shape index (κ1) is 16.4. The molecule has 2 aliphatic heterocycles. The van der Waals surface area contributed by atoms with E-state index in [0.717, 1.165) is 11.2 Å². The predicted octanol–water partition coefficient (Wildman–Crippen LogP) is 0.477. The average molecular weight is 355 g/mol. The van der Waals surface area contributed by atoms with Crippen molar-refractivity contribution in [3.8, 4) is 0 Å². The largest absolute Gasteiger partial charge is 0.382 e. The minimum absolute atomic E-state index is 0.0292. The molecule has 8 nitrogen and oxygen atoms in total. The van der Waals surface area contributed by atoms with Gasteiger partial charge in [0.05, 0.1) is 11.1 Å². The zero-order valence-electron chi connectivity index (χ0n) is 13.9. The third kappa shape index (κ3) is 2.49. The van der Waals surface area contributed by atoms with Crippen LogP contribution in [0.25, 0.3) is 0 Å². The minimum Gasteiger partial charge on any atom is -0.382 e. The summed E-state index contributed by atoms with van der Waals surface area (Å²) in [4.78, 5) is 60.7. The van der Waals surface area contributed by atoms with E-state index in [9.17, 15) is 24.0 Å². The van der Waals surface area contributed by atoms with E-state index in [4.69, 9.17) is 0 Å². The topological polar surface area (TPSA) is 113 Å². The molecule has 3 aliphatic rings. The summed E-state index contributed by atoms with van der Waals surface area (Å²) in [5.41, 5.74) is 1.03. The molecule has 26 heavy (non-hydrogen) atoms. The number of nitrogens with zero attached hydrogens (tertiary/aromatic N) is 1. The Morgan fingerprint density at radius 2 is 1.88 bits per heavy atom. The average Bonchev–Trinajstić information content (AvgIpc) is 2.83. The Kier molecular flexibility index (Phi) is 3.82. The normalized spacial score (nSPS) is 27.7. The summed E-state index contributed by atoms with van der Waals surface area (Å²) in [6.45, 7) is 0. The molecule has 1 unspecified atom stereocenters. The molecule has 134 valence electrons. The maximum Gasteiger partial charge on any atom is 0.264 e. The van der Waals surface area contributed by atoms with Gasteiger partial charge in [0.2, 0.25) is 11.8 Å². The standard InChI is InChI=1S/C18H17N3O5/c22-8-9-6-10(7-9)19-12-3-1-2-11-15(12)18(26)21(17(11)25)13-4-5-14(23)20-16(13)24/h1-3,8-10,13,19H,4-7H2,(H,20,23,24). The van der Waals surface area contributed by atoms with Gasteiger partial charge in [-0.3, -0.25) is 29.4 Å². The van der Waals surface area contributed by atoms with Gasteiger partial charge in [-0.1, -0.05) is 6.07 Å². The summed E-state index contributed by atoms with van der Waals surface area (Å²) in [5, 5.41) is 5.40. The Hall–Kier alpha value is -3.03. The number of carbonyl (C=O) groups excluding carboxylic acids is 5. The number of fused-ring (bicyclic) bond motifs is 1. The second kappa shape index (κ2) is 6.05. The fourth-order valence-electron chi connectivity index (χ4n) is 3.75. The first-order valence-electron chi connectivity index (χ1n) is 8.56. The number of anilines is 1. The van der Waals surface area contributed by atoms with Crippen molar-refractivity contribution in [2.75, 3.05) is 5.32 Å². The van der Waals surface area contributed by atoms with Crippen LogP contribution in [-0.4, -0.2) is 46.9 Å². The van der Waals surface area contributed by atoms with E-state index < -0.39 is 29.7 Å². The van der Waals surface area contributed by atoms with Gasteiger partial charge in [-0.2, -0.15) is 0 Å². The van der Waals surface area contributed by atoms with Crippen LogP contribution in [0.1, 0.15) is 46.4 Å². The molecule has 4 amide bonds. The zero-order valence-corrected chi connectivity index (χ0v) is 13.9. The zero-order chi connectivity index (χ0) is 18.4. The van der Waals surface area contributed by atoms with E-state index in [1.807, 2.05) is 0 Å². The van der Waals surface area contributed by atoms with E-state index >= 15 is 0 Å². The first-order chi connectivity index (χ1) is 12.5. The fourth-order valence-corrected chi connectivity index (χ4v) is 3.75. The van der Waals surface area contributed by atoms with Gasteiger partial charge >= 0.3 is 0 Å². The molecule has 1 aromatic carbocycles. The van der Waals surface area contributed by atoms with Crippen molar-refractivity contribution in [2.45, 2.75) is 37.8 Å². The molecule has 2 fully saturated rings. The van der Waals surface area contributed by atoms with Crippen LogP contribution in [0.2, 0.25) is 0 Å². The van der Waals surface area contributed by atoms with Gasteiger partial charge < -0.3 is 10.1 Å². The highest BCUT2D eigenvalue weighted by Gasteiger charge is 2.46. The molecule has 8 heteroatoms. The number of amides is 4. The van der Waals surface area contributed by atoms with Gasteiger partial charge in [-0.25, -0.2) is 0 Å². The lowest BCUT2D eigenvalue weighted by Crippen LogP contribution is -2.54. The second-order valence-electron chi connectivity index (χ2n) is 6.88. The maximum atomic E-state index is 12.9. The first-order valence-corrected chi connectivity index (χ1v) is 8.56. The minimum atomic E-state index is -0.976. The van der Waals surface area contributed by atoms with Crippen LogP contribution in [0.4, 0.5) is 5.69 Å². The van der Waals surface area contributed by atoms with Gasteiger partial charge in [0.1, 0.15) is 12.3 Å². The third-order valence-electron chi connectivity index (χ3n) is 5.19. The molecule has 1 saturated heterocycles. The number of benzene rings is 1. The number of rotatable bonds is 4. The highest BCUT2D eigenvalue weighted by molar-refractivity contribution is 6.25. The van der Waals surface area contributed by atoms with Crippen molar-refractivity contribution < 1.29 is 24.0 Å². The summed E-state index contributed by atoms with van der Waals surface area (Å²) in [5.74, 6) is -2.06.